The summed E-state index contributed by atoms with van der Waals surface area (Å²) in [5.74, 6) is -0.156. The molecule has 1 atom stereocenters. The Morgan fingerprint density at radius 3 is 2.81 bits per heavy atom. The SMILES string of the molecule is CC1(C)CN(C(=O)Cn2cc(Br)c(=O)[nH]c2=O)CCC1N. The number of hydrogen-bond acceptors (Lipinski definition) is 4. The molecule has 2 rings (SSSR count). The molecule has 1 aliphatic rings. The third-order valence-corrected chi connectivity index (χ3v) is 4.50. The summed E-state index contributed by atoms with van der Waals surface area (Å²) in [6.45, 7) is 5.11. The van der Waals surface area contributed by atoms with Crippen LogP contribution >= 0.6 is 15.9 Å². The van der Waals surface area contributed by atoms with Crippen molar-refractivity contribution in [3.63, 3.8) is 0 Å². The molecule has 0 spiro atoms. The number of nitrogens with one attached hydrogen (secondary N) is 1. The van der Waals surface area contributed by atoms with Crippen molar-refractivity contribution in [3.05, 3.63) is 31.5 Å². The predicted octanol–water partition coefficient (Wildman–Crippen LogP) is -0.115. The van der Waals surface area contributed by atoms with Crippen molar-refractivity contribution in [3.8, 4) is 0 Å². The summed E-state index contributed by atoms with van der Waals surface area (Å²) < 4.78 is 1.41. The molecule has 1 amide bonds. The number of carbonyl (C=O) groups is 1. The molecule has 116 valence electrons. The molecule has 8 heteroatoms. The van der Waals surface area contributed by atoms with Gasteiger partial charge in [0, 0.05) is 25.3 Å². The molecule has 1 fully saturated rings. The van der Waals surface area contributed by atoms with E-state index in [1.807, 2.05) is 13.8 Å². The third-order valence-electron chi connectivity index (χ3n) is 3.94. The number of amides is 1. The first-order valence-corrected chi connectivity index (χ1v) is 7.52. The van der Waals surface area contributed by atoms with Gasteiger partial charge in [-0.2, -0.15) is 0 Å². The molecule has 0 aromatic carbocycles. The van der Waals surface area contributed by atoms with Crippen molar-refractivity contribution in [2.75, 3.05) is 13.1 Å². The van der Waals surface area contributed by atoms with Gasteiger partial charge in [-0.25, -0.2) is 4.79 Å². The van der Waals surface area contributed by atoms with Crippen LogP contribution in [0.25, 0.3) is 0 Å². The number of nitrogens with zero attached hydrogens (tertiary/aromatic N) is 2. The van der Waals surface area contributed by atoms with Crippen LogP contribution in [0.5, 0.6) is 0 Å². The molecule has 21 heavy (non-hydrogen) atoms. The van der Waals surface area contributed by atoms with E-state index >= 15 is 0 Å². The number of H-pyrrole nitrogens is 1. The molecule has 0 saturated carbocycles. The van der Waals surface area contributed by atoms with Crippen molar-refractivity contribution >= 4 is 21.8 Å². The lowest BCUT2D eigenvalue weighted by Gasteiger charge is -2.42. The highest BCUT2D eigenvalue weighted by atomic mass is 79.9. The molecular weight excluding hydrogens is 340 g/mol. The normalized spacial score (nSPS) is 21.3. The quantitative estimate of drug-likeness (QED) is 0.769. The van der Waals surface area contributed by atoms with Gasteiger partial charge in [-0.3, -0.25) is 19.1 Å². The van der Waals surface area contributed by atoms with Crippen molar-refractivity contribution in [2.45, 2.75) is 32.9 Å². The summed E-state index contributed by atoms with van der Waals surface area (Å²) in [6.07, 6.45) is 2.07. The van der Waals surface area contributed by atoms with Gasteiger partial charge in [0.05, 0.1) is 4.47 Å². The number of carbonyl (C=O) groups excluding carboxylic acids is 1. The van der Waals surface area contributed by atoms with E-state index in [0.29, 0.717) is 13.1 Å². The fourth-order valence-corrected chi connectivity index (χ4v) is 2.78. The maximum atomic E-state index is 12.3. The molecule has 1 aromatic heterocycles. The van der Waals surface area contributed by atoms with Gasteiger partial charge in [-0.1, -0.05) is 13.8 Å². The summed E-state index contributed by atoms with van der Waals surface area (Å²) in [5, 5.41) is 0. The first kappa shape index (κ1) is 16.0. The van der Waals surface area contributed by atoms with Crippen LogP contribution in [-0.4, -0.2) is 39.5 Å². The second-order valence-corrected chi connectivity index (χ2v) is 6.92. The number of halogens is 1. The van der Waals surface area contributed by atoms with E-state index in [2.05, 4.69) is 20.9 Å². The number of nitrogens with two attached hydrogens (primary N) is 1. The highest BCUT2D eigenvalue weighted by Gasteiger charge is 2.35. The predicted molar refractivity (Wildman–Crippen MR) is 82.0 cm³/mol. The maximum Gasteiger partial charge on any atom is 0.328 e. The lowest BCUT2D eigenvalue weighted by atomic mass is 9.79. The zero-order valence-electron chi connectivity index (χ0n) is 12.1. The van der Waals surface area contributed by atoms with Crippen molar-refractivity contribution in [2.24, 2.45) is 11.1 Å². The standard InChI is InChI=1S/C13H19BrN4O3/c1-13(2)7-17(4-3-9(13)15)10(19)6-18-5-8(14)11(20)16-12(18)21/h5,9H,3-4,6-7,15H2,1-2H3,(H,16,20,21). The van der Waals surface area contributed by atoms with Gasteiger partial charge in [0.1, 0.15) is 6.54 Å². The van der Waals surface area contributed by atoms with E-state index in [-0.39, 0.29) is 28.4 Å². The minimum atomic E-state index is -0.593. The Balaban J connectivity index is 2.14. The van der Waals surface area contributed by atoms with E-state index in [4.69, 9.17) is 5.73 Å². The average Bonchev–Trinajstić information content (AvgIpc) is 2.39. The Kier molecular flexibility index (Phi) is 4.38. The number of hydrogen-bond donors (Lipinski definition) is 2. The first-order valence-electron chi connectivity index (χ1n) is 6.73. The van der Waals surface area contributed by atoms with Gasteiger partial charge in [0.2, 0.25) is 5.91 Å². The Bertz CT molecular complexity index is 664. The zero-order valence-corrected chi connectivity index (χ0v) is 13.6. The number of aromatic amines is 1. The van der Waals surface area contributed by atoms with Crippen LogP contribution in [0.15, 0.2) is 20.3 Å². The van der Waals surface area contributed by atoms with Crippen molar-refractivity contribution < 1.29 is 4.79 Å². The van der Waals surface area contributed by atoms with Crippen molar-refractivity contribution in [1.82, 2.24) is 14.5 Å². The molecular formula is C13H19BrN4O3. The largest absolute Gasteiger partial charge is 0.340 e. The summed E-state index contributed by atoms with van der Waals surface area (Å²) in [4.78, 5) is 39.2. The Morgan fingerprint density at radius 1 is 1.52 bits per heavy atom. The van der Waals surface area contributed by atoms with Gasteiger partial charge in [0.25, 0.3) is 5.56 Å². The molecule has 3 N–H and O–H groups in total. The van der Waals surface area contributed by atoms with Gasteiger partial charge in [0.15, 0.2) is 0 Å². The smallest absolute Gasteiger partial charge is 0.328 e. The van der Waals surface area contributed by atoms with Crippen LogP contribution in [0.2, 0.25) is 0 Å². The van der Waals surface area contributed by atoms with E-state index < -0.39 is 11.2 Å². The minimum Gasteiger partial charge on any atom is -0.340 e. The van der Waals surface area contributed by atoms with E-state index in [1.54, 1.807) is 4.90 Å². The van der Waals surface area contributed by atoms with Crippen LogP contribution in [0.3, 0.4) is 0 Å². The molecule has 1 unspecified atom stereocenters. The molecule has 0 radical (unpaired) electrons. The number of aromatic nitrogens is 2. The summed E-state index contributed by atoms with van der Waals surface area (Å²) in [6, 6.07) is 0.0616. The highest BCUT2D eigenvalue weighted by Crippen LogP contribution is 2.27. The monoisotopic (exact) mass is 358 g/mol. The van der Waals surface area contributed by atoms with E-state index in [9.17, 15) is 14.4 Å². The van der Waals surface area contributed by atoms with Crippen LogP contribution < -0.4 is 17.0 Å². The lowest BCUT2D eigenvalue weighted by Crippen LogP contribution is -2.54. The summed E-state index contributed by atoms with van der Waals surface area (Å²) in [5.41, 5.74) is 4.80. The third kappa shape index (κ3) is 3.44. The summed E-state index contributed by atoms with van der Waals surface area (Å²) >= 11 is 3.05. The molecule has 2 heterocycles. The molecule has 1 aromatic rings. The molecule has 0 aliphatic carbocycles. The fourth-order valence-electron chi connectivity index (χ4n) is 2.43. The number of likely N-dealkylation sites (tertiary alicyclic amines) is 1. The van der Waals surface area contributed by atoms with Crippen LogP contribution in [0.4, 0.5) is 0 Å². The topological polar surface area (TPSA) is 101 Å². The zero-order chi connectivity index (χ0) is 15.8. The highest BCUT2D eigenvalue weighted by molar-refractivity contribution is 9.10. The second kappa shape index (κ2) is 5.76. The lowest BCUT2D eigenvalue weighted by molar-refractivity contribution is -0.135. The Morgan fingerprint density at radius 2 is 2.19 bits per heavy atom. The van der Waals surface area contributed by atoms with E-state index in [0.717, 1.165) is 6.42 Å². The van der Waals surface area contributed by atoms with Crippen LogP contribution in [-0.2, 0) is 11.3 Å². The maximum absolute atomic E-state index is 12.3. The minimum absolute atomic E-state index is 0.0616. The second-order valence-electron chi connectivity index (χ2n) is 6.06. The average molecular weight is 359 g/mol. The van der Waals surface area contributed by atoms with E-state index in [1.165, 1.54) is 10.8 Å². The Hall–Kier alpha value is -1.41. The first-order chi connectivity index (χ1) is 9.70. The van der Waals surface area contributed by atoms with Gasteiger partial charge in [-0.15, -0.1) is 0 Å². The molecule has 7 nitrogen and oxygen atoms in total. The van der Waals surface area contributed by atoms with Gasteiger partial charge < -0.3 is 10.6 Å². The fraction of sp³-hybridized carbons (Fsp3) is 0.615. The van der Waals surface area contributed by atoms with Gasteiger partial charge in [-0.05, 0) is 27.8 Å². The molecule has 0 bridgehead atoms. The summed E-state index contributed by atoms with van der Waals surface area (Å²) in [7, 11) is 0. The van der Waals surface area contributed by atoms with Crippen molar-refractivity contribution in [1.29, 1.82) is 0 Å². The molecule has 1 saturated heterocycles. The number of rotatable bonds is 2. The molecule has 1 aliphatic heterocycles. The number of piperidine rings is 1. The van der Waals surface area contributed by atoms with Gasteiger partial charge >= 0.3 is 5.69 Å². The Labute approximate surface area is 130 Å². The van der Waals surface area contributed by atoms with Crippen LogP contribution in [0, 0.1) is 5.41 Å². The van der Waals surface area contributed by atoms with Crippen LogP contribution in [0.1, 0.15) is 20.3 Å².